The highest BCUT2D eigenvalue weighted by Gasteiger charge is 2.19. The number of hydrogen-bond acceptors (Lipinski definition) is 1. The molecule has 0 atom stereocenters. The van der Waals surface area contributed by atoms with E-state index in [0.717, 1.165) is 20.3 Å². The minimum atomic E-state index is 0.0784. The van der Waals surface area contributed by atoms with Crippen LogP contribution in [-0.4, -0.2) is 4.98 Å². The van der Waals surface area contributed by atoms with Gasteiger partial charge in [-0.1, -0.05) is 20.8 Å². The molecule has 0 fully saturated rings. The van der Waals surface area contributed by atoms with Gasteiger partial charge in [-0.05, 0) is 50.4 Å². The van der Waals surface area contributed by atoms with E-state index in [1.807, 2.05) is 6.92 Å². The molecule has 0 saturated carbocycles. The molecule has 3 heteroatoms. The van der Waals surface area contributed by atoms with Crippen molar-refractivity contribution in [1.82, 2.24) is 4.98 Å². The summed E-state index contributed by atoms with van der Waals surface area (Å²) in [6.45, 7) is 8.50. The quantitative estimate of drug-likeness (QED) is 0.654. The van der Waals surface area contributed by atoms with Crippen LogP contribution in [0.3, 0.4) is 0 Å². The highest BCUT2D eigenvalue weighted by atomic mass is 79.9. The van der Waals surface area contributed by atoms with E-state index in [2.05, 4.69) is 63.7 Å². The molecule has 0 aliphatic heterocycles. The smallest absolute Gasteiger partial charge is 0.109 e. The molecule has 1 aromatic rings. The molecule has 0 aliphatic rings. The molecular weight excluding hydrogens is 294 g/mol. The van der Waals surface area contributed by atoms with E-state index in [1.165, 1.54) is 0 Å². The number of aryl methyl sites for hydroxylation is 1. The second-order valence-electron chi connectivity index (χ2n) is 4.18. The maximum Gasteiger partial charge on any atom is 0.109 e. The first-order valence-corrected chi connectivity index (χ1v) is 5.74. The first-order valence-electron chi connectivity index (χ1n) is 4.15. The fourth-order valence-electron chi connectivity index (χ4n) is 1.08. The van der Waals surface area contributed by atoms with Crippen LogP contribution in [0, 0.1) is 6.92 Å². The van der Waals surface area contributed by atoms with Gasteiger partial charge in [0.1, 0.15) is 4.60 Å². The SMILES string of the molecule is Cc1cc(Br)c(C(C)(C)C)nc1Br. The fraction of sp³-hybridized carbons (Fsp3) is 0.500. The highest BCUT2D eigenvalue weighted by Crippen LogP contribution is 2.30. The predicted molar refractivity (Wildman–Crippen MR) is 63.1 cm³/mol. The summed E-state index contributed by atoms with van der Waals surface area (Å²) in [4.78, 5) is 4.51. The topological polar surface area (TPSA) is 12.9 Å². The van der Waals surface area contributed by atoms with Crippen LogP contribution in [0.2, 0.25) is 0 Å². The number of aromatic nitrogens is 1. The lowest BCUT2D eigenvalue weighted by Crippen LogP contribution is -2.14. The highest BCUT2D eigenvalue weighted by molar-refractivity contribution is 9.11. The summed E-state index contributed by atoms with van der Waals surface area (Å²) < 4.78 is 2.02. The molecule has 13 heavy (non-hydrogen) atoms. The molecule has 0 N–H and O–H groups in total. The zero-order valence-electron chi connectivity index (χ0n) is 8.28. The Balaban J connectivity index is 3.32. The largest absolute Gasteiger partial charge is 0.244 e. The summed E-state index contributed by atoms with van der Waals surface area (Å²) in [5.74, 6) is 0. The summed E-state index contributed by atoms with van der Waals surface area (Å²) in [5, 5.41) is 0. The van der Waals surface area contributed by atoms with E-state index in [0.29, 0.717) is 0 Å². The zero-order chi connectivity index (χ0) is 10.2. The third-order valence-corrected chi connectivity index (χ3v) is 3.22. The standard InChI is InChI=1S/C10H13Br2N/c1-6-5-7(11)8(10(2,3)4)13-9(6)12/h5H,1-4H3. The molecule has 0 unspecified atom stereocenters. The third kappa shape index (κ3) is 2.53. The number of halogens is 2. The van der Waals surface area contributed by atoms with E-state index in [-0.39, 0.29) is 5.41 Å². The van der Waals surface area contributed by atoms with Crippen LogP contribution in [0.1, 0.15) is 32.0 Å². The molecule has 0 aromatic carbocycles. The van der Waals surface area contributed by atoms with Gasteiger partial charge in [-0.3, -0.25) is 0 Å². The van der Waals surface area contributed by atoms with Gasteiger partial charge in [0.2, 0.25) is 0 Å². The van der Waals surface area contributed by atoms with Crippen molar-refractivity contribution in [1.29, 1.82) is 0 Å². The van der Waals surface area contributed by atoms with Crippen molar-refractivity contribution in [3.8, 4) is 0 Å². The number of nitrogens with zero attached hydrogens (tertiary/aromatic N) is 1. The lowest BCUT2D eigenvalue weighted by Gasteiger charge is -2.20. The maximum absolute atomic E-state index is 4.51. The maximum atomic E-state index is 4.51. The number of rotatable bonds is 0. The van der Waals surface area contributed by atoms with E-state index in [1.54, 1.807) is 0 Å². The van der Waals surface area contributed by atoms with Gasteiger partial charge in [0.15, 0.2) is 0 Å². The van der Waals surface area contributed by atoms with Crippen LogP contribution < -0.4 is 0 Å². The Morgan fingerprint density at radius 3 is 2.23 bits per heavy atom. The molecule has 72 valence electrons. The van der Waals surface area contributed by atoms with Crippen LogP contribution in [0.4, 0.5) is 0 Å². The number of hydrogen-bond donors (Lipinski definition) is 0. The van der Waals surface area contributed by atoms with Gasteiger partial charge in [0.05, 0.1) is 5.69 Å². The molecule has 0 aliphatic carbocycles. The van der Waals surface area contributed by atoms with Crippen molar-refractivity contribution in [2.45, 2.75) is 33.1 Å². The van der Waals surface area contributed by atoms with Gasteiger partial charge < -0.3 is 0 Å². The van der Waals surface area contributed by atoms with E-state index >= 15 is 0 Å². The van der Waals surface area contributed by atoms with Gasteiger partial charge in [-0.15, -0.1) is 0 Å². The molecule has 1 heterocycles. The van der Waals surface area contributed by atoms with Crippen LogP contribution in [0.5, 0.6) is 0 Å². The summed E-state index contributed by atoms with van der Waals surface area (Å²) in [6, 6.07) is 2.09. The van der Waals surface area contributed by atoms with Gasteiger partial charge in [0.25, 0.3) is 0 Å². The lowest BCUT2D eigenvalue weighted by atomic mass is 9.91. The third-order valence-electron chi connectivity index (χ3n) is 1.82. The van der Waals surface area contributed by atoms with Crippen molar-refractivity contribution in [2.24, 2.45) is 0 Å². The first kappa shape index (κ1) is 11.2. The van der Waals surface area contributed by atoms with Gasteiger partial charge >= 0.3 is 0 Å². The molecule has 0 bridgehead atoms. The Morgan fingerprint density at radius 1 is 1.23 bits per heavy atom. The molecule has 0 spiro atoms. The molecule has 0 saturated heterocycles. The predicted octanol–water partition coefficient (Wildman–Crippen LogP) is 4.21. The van der Waals surface area contributed by atoms with Crippen LogP contribution in [0.15, 0.2) is 15.1 Å². The lowest BCUT2D eigenvalue weighted by molar-refractivity contribution is 0.563. The van der Waals surface area contributed by atoms with Gasteiger partial charge in [-0.25, -0.2) is 4.98 Å². The summed E-state index contributed by atoms with van der Waals surface area (Å²) in [5.41, 5.74) is 2.32. The van der Waals surface area contributed by atoms with Crippen molar-refractivity contribution in [3.05, 3.63) is 26.4 Å². The monoisotopic (exact) mass is 305 g/mol. The summed E-state index contributed by atoms with van der Waals surface area (Å²) in [6.07, 6.45) is 0. The van der Waals surface area contributed by atoms with E-state index in [9.17, 15) is 0 Å². The average molecular weight is 307 g/mol. The first-order chi connectivity index (χ1) is 5.82. The molecule has 0 radical (unpaired) electrons. The average Bonchev–Trinajstić information content (AvgIpc) is 1.94. The van der Waals surface area contributed by atoms with E-state index in [4.69, 9.17) is 0 Å². The van der Waals surface area contributed by atoms with Crippen molar-refractivity contribution in [2.75, 3.05) is 0 Å². The van der Waals surface area contributed by atoms with Crippen molar-refractivity contribution < 1.29 is 0 Å². The van der Waals surface area contributed by atoms with Crippen LogP contribution >= 0.6 is 31.9 Å². The normalized spacial score (nSPS) is 11.8. The number of pyridine rings is 1. The van der Waals surface area contributed by atoms with Gasteiger partial charge in [-0.2, -0.15) is 0 Å². The second kappa shape index (κ2) is 3.70. The Bertz CT molecular complexity index is 326. The summed E-state index contributed by atoms with van der Waals surface area (Å²) in [7, 11) is 0. The minimum absolute atomic E-state index is 0.0784. The van der Waals surface area contributed by atoms with Crippen molar-refractivity contribution in [3.63, 3.8) is 0 Å². The second-order valence-corrected chi connectivity index (χ2v) is 5.78. The Hall–Kier alpha value is 0.110. The Labute approximate surface area is 96.2 Å². The van der Waals surface area contributed by atoms with Gasteiger partial charge in [0, 0.05) is 9.89 Å². The molecule has 1 nitrogen and oxygen atoms in total. The molecule has 0 amide bonds. The van der Waals surface area contributed by atoms with Crippen molar-refractivity contribution >= 4 is 31.9 Å². The Kier molecular flexibility index (Phi) is 3.18. The molecule has 1 rings (SSSR count). The molecular formula is C10H13Br2N. The van der Waals surface area contributed by atoms with E-state index < -0.39 is 0 Å². The van der Waals surface area contributed by atoms with Crippen LogP contribution in [-0.2, 0) is 5.41 Å². The zero-order valence-corrected chi connectivity index (χ0v) is 11.5. The summed E-state index contributed by atoms with van der Waals surface area (Å²) >= 11 is 6.97. The fourth-order valence-corrected chi connectivity index (χ4v) is 2.40. The van der Waals surface area contributed by atoms with Crippen LogP contribution in [0.25, 0.3) is 0 Å². The molecule has 1 aromatic heterocycles. The Morgan fingerprint density at radius 2 is 1.77 bits per heavy atom. The minimum Gasteiger partial charge on any atom is -0.244 e.